The Kier molecular flexibility index (Phi) is 5.21. The third kappa shape index (κ3) is 3.96. The van der Waals surface area contributed by atoms with Crippen LogP contribution in [0.2, 0.25) is 0 Å². The third-order valence-corrected chi connectivity index (χ3v) is 5.40. The molecule has 0 unspecified atom stereocenters. The van der Waals surface area contributed by atoms with Gasteiger partial charge in [-0.25, -0.2) is 0 Å². The lowest BCUT2D eigenvalue weighted by molar-refractivity contribution is -0.114. The Labute approximate surface area is 166 Å². The lowest BCUT2D eigenvalue weighted by Gasteiger charge is -2.31. The van der Waals surface area contributed by atoms with Crippen molar-refractivity contribution >= 4 is 28.8 Å². The summed E-state index contributed by atoms with van der Waals surface area (Å²) in [5.41, 5.74) is 2.19. The normalized spacial score (nSPS) is 16.8. The van der Waals surface area contributed by atoms with E-state index >= 15 is 0 Å². The third-order valence-electron chi connectivity index (χ3n) is 4.72. The fraction of sp³-hybridized carbons (Fsp3) is 0.300. The molecule has 0 radical (unpaired) electrons. The van der Waals surface area contributed by atoms with Crippen molar-refractivity contribution in [3.05, 3.63) is 52.5 Å². The van der Waals surface area contributed by atoms with Gasteiger partial charge in [-0.05, 0) is 48.6 Å². The van der Waals surface area contributed by atoms with Gasteiger partial charge in [0, 0.05) is 42.2 Å². The Balaban J connectivity index is 1.44. The van der Waals surface area contributed by atoms with E-state index < -0.39 is 0 Å². The molecule has 3 heterocycles. The van der Waals surface area contributed by atoms with Gasteiger partial charge in [-0.1, -0.05) is 0 Å². The van der Waals surface area contributed by atoms with Crippen LogP contribution in [0.25, 0.3) is 11.5 Å². The number of benzene rings is 1. The van der Waals surface area contributed by atoms with Crippen LogP contribution in [0, 0.1) is 0 Å². The van der Waals surface area contributed by atoms with Crippen molar-refractivity contribution in [2.75, 3.05) is 18.4 Å². The molecule has 0 saturated carbocycles. The number of nitrogens with one attached hydrogen (secondary N) is 1. The number of piperidine rings is 1. The first-order valence-electron chi connectivity index (χ1n) is 9.13. The SMILES string of the molecule is CC(=O)Nc1ccc(C(=O)N2CCC[C@@H](c3nnc(-c4ccsc4)o3)C2)cc1. The van der Waals surface area contributed by atoms with Gasteiger partial charge in [-0.3, -0.25) is 9.59 Å². The monoisotopic (exact) mass is 396 g/mol. The summed E-state index contributed by atoms with van der Waals surface area (Å²) < 4.78 is 5.86. The first-order chi connectivity index (χ1) is 13.6. The number of likely N-dealkylation sites (tertiary alicyclic amines) is 1. The number of carbonyl (C=O) groups is 2. The smallest absolute Gasteiger partial charge is 0.253 e. The highest BCUT2D eigenvalue weighted by molar-refractivity contribution is 7.08. The molecule has 1 saturated heterocycles. The predicted molar refractivity (Wildman–Crippen MR) is 106 cm³/mol. The highest BCUT2D eigenvalue weighted by Crippen LogP contribution is 2.29. The van der Waals surface area contributed by atoms with Gasteiger partial charge in [0.25, 0.3) is 5.91 Å². The maximum atomic E-state index is 12.9. The zero-order chi connectivity index (χ0) is 19.5. The maximum Gasteiger partial charge on any atom is 0.253 e. The van der Waals surface area contributed by atoms with Crippen molar-refractivity contribution in [1.29, 1.82) is 0 Å². The van der Waals surface area contributed by atoms with E-state index in [1.54, 1.807) is 35.6 Å². The van der Waals surface area contributed by atoms with Crippen molar-refractivity contribution in [3.63, 3.8) is 0 Å². The van der Waals surface area contributed by atoms with Crippen LogP contribution in [0.5, 0.6) is 0 Å². The van der Waals surface area contributed by atoms with Gasteiger partial charge in [0.2, 0.25) is 17.7 Å². The average Bonchev–Trinajstić information content (AvgIpc) is 3.39. The van der Waals surface area contributed by atoms with Crippen molar-refractivity contribution in [1.82, 2.24) is 15.1 Å². The Morgan fingerprint density at radius 2 is 2.04 bits per heavy atom. The van der Waals surface area contributed by atoms with Gasteiger partial charge in [0.1, 0.15) is 0 Å². The fourth-order valence-corrected chi connectivity index (χ4v) is 3.98. The minimum absolute atomic E-state index is 0.0309. The number of hydrogen-bond acceptors (Lipinski definition) is 6. The number of rotatable bonds is 4. The quantitative estimate of drug-likeness (QED) is 0.725. The molecule has 28 heavy (non-hydrogen) atoms. The highest BCUT2D eigenvalue weighted by atomic mass is 32.1. The summed E-state index contributed by atoms with van der Waals surface area (Å²) in [6, 6.07) is 8.89. The van der Waals surface area contributed by atoms with E-state index in [9.17, 15) is 9.59 Å². The molecule has 0 aliphatic carbocycles. The van der Waals surface area contributed by atoms with Gasteiger partial charge < -0.3 is 14.6 Å². The second-order valence-electron chi connectivity index (χ2n) is 6.81. The Morgan fingerprint density at radius 1 is 1.21 bits per heavy atom. The van der Waals surface area contributed by atoms with Crippen molar-refractivity contribution < 1.29 is 14.0 Å². The molecule has 8 heteroatoms. The van der Waals surface area contributed by atoms with E-state index in [-0.39, 0.29) is 17.7 Å². The number of hydrogen-bond donors (Lipinski definition) is 1. The zero-order valence-corrected chi connectivity index (χ0v) is 16.2. The molecule has 4 rings (SSSR count). The summed E-state index contributed by atoms with van der Waals surface area (Å²) in [4.78, 5) is 25.8. The number of anilines is 1. The lowest BCUT2D eigenvalue weighted by Crippen LogP contribution is -2.39. The summed E-state index contributed by atoms with van der Waals surface area (Å²) in [7, 11) is 0. The number of thiophene rings is 1. The minimum Gasteiger partial charge on any atom is -0.420 e. The Hall–Kier alpha value is -3.00. The first kappa shape index (κ1) is 18.4. The maximum absolute atomic E-state index is 12.9. The zero-order valence-electron chi connectivity index (χ0n) is 15.4. The molecule has 1 aliphatic rings. The molecule has 0 spiro atoms. The van der Waals surface area contributed by atoms with E-state index in [2.05, 4.69) is 15.5 Å². The molecule has 2 amide bonds. The van der Waals surface area contributed by atoms with Crippen molar-refractivity contribution in [2.24, 2.45) is 0 Å². The van der Waals surface area contributed by atoms with Crippen LogP contribution >= 0.6 is 11.3 Å². The van der Waals surface area contributed by atoms with Crippen LogP contribution in [-0.2, 0) is 4.79 Å². The summed E-state index contributed by atoms with van der Waals surface area (Å²) in [5, 5.41) is 15.0. The van der Waals surface area contributed by atoms with Crippen LogP contribution in [0.15, 0.2) is 45.5 Å². The van der Waals surface area contributed by atoms with Crippen LogP contribution in [0.4, 0.5) is 5.69 Å². The van der Waals surface area contributed by atoms with Gasteiger partial charge in [-0.15, -0.1) is 10.2 Å². The van der Waals surface area contributed by atoms with Gasteiger partial charge in [0.15, 0.2) is 0 Å². The molecule has 2 aromatic heterocycles. The van der Waals surface area contributed by atoms with Crippen LogP contribution < -0.4 is 5.32 Å². The van der Waals surface area contributed by atoms with Crippen LogP contribution in [0.1, 0.15) is 41.9 Å². The molecule has 0 bridgehead atoms. The second kappa shape index (κ2) is 7.93. The van der Waals surface area contributed by atoms with Gasteiger partial charge in [-0.2, -0.15) is 11.3 Å². The highest BCUT2D eigenvalue weighted by Gasteiger charge is 2.29. The molecule has 1 aliphatic heterocycles. The minimum atomic E-state index is -0.140. The topological polar surface area (TPSA) is 88.3 Å². The second-order valence-corrected chi connectivity index (χ2v) is 7.59. The van der Waals surface area contributed by atoms with E-state index in [1.165, 1.54) is 6.92 Å². The van der Waals surface area contributed by atoms with Crippen molar-refractivity contribution in [2.45, 2.75) is 25.7 Å². The summed E-state index contributed by atoms with van der Waals surface area (Å²) in [6.07, 6.45) is 1.80. The largest absolute Gasteiger partial charge is 0.420 e. The standard InChI is InChI=1S/C20H20N4O3S/c1-13(25)21-17-6-4-14(5-7-17)20(26)24-9-2-3-15(11-24)18-22-23-19(27-18)16-8-10-28-12-16/h4-8,10,12,15H,2-3,9,11H2,1H3,(H,21,25)/t15-/m1/s1. The molecule has 1 fully saturated rings. The van der Waals surface area contributed by atoms with Crippen LogP contribution in [0.3, 0.4) is 0 Å². The lowest BCUT2D eigenvalue weighted by atomic mass is 9.97. The van der Waals surface area contributed by atoms with E-state index in [1.807, 2.05) is 21.7 Å². The molecular formula is C20H20N4O3S. The molecule has 144 valence electrons. The predicted octanol–water partition coefficient (Wildman–Crippen LogP) is 3.78. The van der Waals surface area contributed by atoms with Gasteiger partial charge in [0.05, 0.1) is 5.92 Å². The fourth-order valence-electron chi connectivity index (χ4n) is 3.35. The number of aromatic nitrogens is 2. The first-order valence-corrected chi connectivity index (χ1v) is 10.1. The molecule has 1 atom stereocenters. The Bertz CT molecular complexity index is 966. The molecule has 7 nitrogen and oxygen atoms in total. The molecular weight excluding hydrogens is 376 g/mol. The number of nitrogens with zero attached hydrogens (tertiary/aromatic N) is 3. The summed E-state index contributed by atoms with van der Waals surface area (Å²) in [6.45, 7) is 2.71. The Morgan fingerprint density at radius 3 is 2.75 bits per heavy atom. The molecule has 3 aromatic rings. The van der Waals surface area contributed by atoms with E-state index in [4.69, 9.17) is 4.42 Å². The van der Waals surface area contributed by atoms with Crippen molar-refractivity contribution in [3.8, 4) is 11.5 Å². The average molecular weight is 396 g/mol. The van der Waals surface area contributed by atoms with Crippen LogP contribution in [-0.4, -0.2) is 40.0 Å². The number of amides is 2. The summed E-state index contributed by atoms with van der Waals surface area (Å²) >= 11 is 1.58. The van der Waals surface area contributed by atoms with E-state index in [0.717, 1.165) is 18.4 Å². The molecule has 1 N–H and O–H groups in total. The van der Waals surface area contributed by atoms with E-state index in [0.29, 0.717) is 36.1 Å². The molecule has 1 aromatic carbocycles. The number of carbonyl (C=O) groups excluding carboxylic acids is 2. The summed E-state index contributed by atoms with van der Waals surface area (Å²) in [5.74, 6) is 0.972. The van der Waals surface area contributed by atoms with Gasteiger partial charge >= 0.3 is 0 Å².